The van der Waals surface area contributed by atoms with Gasteiger partial charge in [-0.3, -0.25) is 10.1 Å². The summed E-state index contributed by atoms with van der Waals surface area (Å²) in [5.41, 5.74) is 1.70. The van der Waals surface area contributed by atoms with Gasteiger partial charge >= 0.3 is 12.1 Å². The fourth-order valence-corrected chi connectivity index (χ4v) is 2.24. The molecule has 0 aliphatic heterocycles. The number of methoxy groups -OCH3 is 1. The summed E-state index contributed by atoms with van der Waals surface area (Å²) in [4.78, 5) is 35.4. The zero-order valence-corrected chi connectivity index (χ0v) is 14.2. The first-order valence-corrected chi connectivity index (χ1v) is 7.66. The Hall–Kier alpha value is -3.66. The minimum absolute atomic E-state index is 0.202. The number of carbonyl (C=O) groups excluding carboxylic acids is 3. The van der Waals surface area contributed by atoms with Gasteiger partial charge in [-0.2, -0.15) is 5.26 Å². The van der Waals surface area contributed by atoms with Crippen molar-refractivity contribution in [1.29, 1.82) is 5.26 Å². The number of amides is 2. The highest BCUT2D eigenvalue weighted by Gasteiger charge is 2.23. The van der Waals surface area contributed by atoms with Gasteiger partial charge in [0.25, 0.3) is 5.91 Å². The monoisotopic (exact) mass is 352 g/mol. The number of benzene rings is 2. The van der Waals surface area contributed by atoms with E-state index in [2.05, 4.69) is 10.8 Å². The Morgan fingerprint density at radius 2 is 1.65 bits per heavy atom. The standard InChI is InChI=1S/C19H16N2O5/c1-12(17(22)21-19(24)25-2)26-18(23)16-10-6-5-9-15(16)14-8-4-3-7-13(14)11-20/h3-10,12H,1-2H3,(H,21,22,24)/t12-/m0/s1. The van der Waals surface area contributed by atoms with Crippen LogP contribution < -0.4 is 5.32 Å². The molecule has 0 spiro atoms. The van der Waals surface area contributed by atoms with Gasteiger partial charge in [0.15, 0.2) is 6.10 Å². The highest BCUT2D eigenvalue weighted by Crippen LogP contribution is 2.27. The van der Waals surface area contributed by atoms with Crippen LogP contribution in [0.25, 0.3) is 11.1 Å². The Morgan fingerprint density at radius 1 is 1.04 bits per heavy atom. The summed E-state index contributed by atoms with van der Waals surface area (Å²) in [5, 5.41) is 11.2. The molecule has 132 valence electrons. The van der Waals surface area contributed by atoms with Gasteiger partial charge in [0.05, 0.1) is 24.3 Å². The predicted octanol–water partition coefficient (Wildman–Crippen LogP) is 2.65. The maximum absolute atomic E-state index is 12.5. The molecule has 0 heterocycles. The minimum Gasteiger partial charge on any atom is -0.453 e. The molecule has 0 bridgehead atoms. The Kier molecular flexibility index (Phi) is 6.06. The zero-order valence-electron chi connectivity index (χ0n) is 14.2. The largest absolute Gasteiger partial charge is 0.453 e. The molecule has 0 saturated carbocycles. The second-order valence-electron chi connectivity index (χ2n) is 5.23. The number of rotatable bonds is 4. The molecule has 2 amide bonds. The SMILES string of the molecule is COC(=O)NC(=O)[C@H](C)OC(=O)c1ccccc1-c1ccccc1C#N. The molecule has 2 rings (SSSR count). The molecule has 0 saturated heterocycles. The maximum Gasteiger partial charge on any atom is 0.413 e. The van der Waals surface area contributed by atoms with Crippen molar-refractivity contribution in [3.63, 3.8) is 0 Å². The van der Waals surface area contributed by atoms with Gasteiger partial charge in [0.2, 0.25) is 0 Å². The third-order valence-corrected chi connectivity index (χ3v) is 3.55. The third-order valence-electron chi connectivity index (χ3n) is 3.55. The second kappa shape index (κ2) is 8.44. The fourth-order valence-electron chi connectivity index (χ4n) is 2.24. The van der Waals surface area contributed by atoms with Crippen molar-refractivity contribution in [3.8, 4) is 17.2 Å². The van der Waals surface area contributed by atoms with Crippen LogP contribution in [0.5, 0.6) is 0 Å². The van der Waals surface area contributed by atoms with E-state index in [-0.39, 0.29) is 5.56 Å². The summed E-state index contributed by atoms with van der Waals surface area (Å²) in [5.74, 6) is -1.55. The van der Waals surface area contributed by atoms with Crippen LogP contribution in [0.15, 0.2) is 48.5 Å². The molecule has 0 unspecified atom stereocenters. The molecule has 7 nitrogen and oxygen atoms in total. The topological polar surface area (TPSA) is 105 Å². The van der Waals surface area contributed by atoms with Crippen molar-refractivity contribution in [1.82, 2.24) is 5.32 Å². The number of carbonyl (C=O) groups is 3. The first-order valence-electron chi connectivity index (χ1n) is 7.66. The van der Waals surface area contributed by atoms with Crippen molar-refractivity contribution in [2.75, 3.05) is 7.11 Å². The first-order chi connectivity index (χ1) is 12.5. The molecule has 1 N–H and O–H groups in total. The molecule has 0 aliphatic rings. The molecule has 0 aromatic heterocycles. The Bertz CT molecular complexity index is 885. The molecule has 2 aromatic carbocycles. The Labute approximate surface area is 150 Å². The fraction of sp³-hybridized carbons (Fsp3) is 0.158. The average molecular weight is 352 g/mol. The van der Waals surface area contributed by atoms with Crippen LogP contribution in [-0.4, -0.2) is 31.2 Å². The van der Waals surface area contributed by atoms with Crippen LogP contribution in [0.1, 0.15) is 22.8 Å². The third kappa shape index (κ3) is 4.24. The van der Waals surface area contributed by atoms with E-state index in [4.69, 9.17) is 4.74 Å². The van der Waals surface area contributed by atoms with Crippen LogP contribution in [-0.2, 0) is 14.3 Å². The van der Waals surface area contributed by atoms with Crippen molar-refractivity contribution in [2.24, 2.45) is 0 Å². The lowest BCUT2D eigenvalue weighted by Crippen LogP contribution is -2.39. The highest BCUT2D eigenvalue weighted by atomic mass is 16.6. The van der Waals surface area contributed by atoms with E-state index in [1.54, 1.807) is 42.5 Å². The lowest BCUT2D eigenvalue weighted by Gasteiger charge is -2.15. The Morgan fingerprint density at radius 3 is 2.31 bits per heavy atom. The van der Waals surface area contributed by atoms with Gasteiger partial charge in [-0.15, -0.1) is 0 Å². The molecular formula is C19H16N2O5. The molecular weight excluding hydrogens is 336 g/mol. The lowest BCUT2D eigenvalue weighted by molar-refractivity contribution is -0.128. The van der Waals surface area contributed by atoms with E-state index >= 15 is 0 Å². The maximum atomic E-state index is 12.5. The minimum atomic E-state index is -1.21. The van der Waals surface area contributed by atoms with Gasteiger partial charge in [-0.05, 0) is 24.6 Å². The van der Waals surface area contributed by atoms with Crippen LogP contribution in [0.3, 0.4) is 0 Å². The number of nitrogens with one attached hydrogen (secondary N) is 1. The van der Waals surface area contributed by atoms with E-state index in [9.17, 15) is 19.6 Å². The first kappa shape index (κ1) is 18.7. The number of imide groups is 1. The molecule has 0 aliphatic carbocycles. The van der Waals surface area contributed by atoms with Crippen LogP contribution in [0.2, 0.25) is 0 Å². The summed E-state index contributed by atoms with van der Waals surface area (Å²) in [6, 6.07) is 15.5. The van der Waals surface area contributed by atoms with E-state index in [0.717, 1.165) is 7.11 Å². The summed E-state index contributed by atoms with van der Waals surface area (Å²) in [6.07, 6.45) is -2.15. The molecule has 2 aromatic rings. The molecule has 7 heteroatoms. The van der Waals surface area contributed by atoms with Crippen molar-refractivity contribution in [2.45, 2.75) is 13.0 Å². The number of alkyl carbamates (subject to hydrolysis) is 1. The summed E-state index contributed by atoms with van der Waals surface area (Å²) in [6.45, 7) is 1.34. The van der Waals surface area contributed by atoms with Gasteiger partial charge in [-0.25, -0.2) is 9.59 Å². The van der Waals surface area contributed by atoms with Gasteiger partial charge in [0.1, 0.15) is 0 Å². The van der Waals surface area contributed by atoms with Gasteiger partial charge in [-0.1, -0.05) is 36.4 Å². The van der Waals surface area contributed by atoms with Gasteiger partial charge in [0, 0.05) is 5.56 Å². The summed E-state index contributed by atoms with van der Waals surface area (Å²) in [7, 11) is 1.11. The van der Waals surface area contributed by atoms with Gasteiger partial charge < -0.3 is 9.47 Å². The van der Waals surface area contributed by atoms with Crippen LogP contribution in [0, 0.1) is 11.3 Å². The summed E-state index contributed by atoms with van der Waals surface area (Å²) >= 11 is 0. The van der Waals surface area contributed by atoms with Crippen molar-refractivity contribution < 1.29 is 23.9 Å². The quantitative estimate of drug-likeness (QED) is 0.848. The van der Waals surface area contributed by atoms with E-state index in [0.29, 0.717) is 16.7 Å². The average Bonchev–Trinajstić information content (AvgIpc) is 2.67. The van der Waals surface area contributed by atoms with Crippen molar-refractivity contribution in [3.05, 3.63) is 59.7 Å². The van der Waals surface area contributed by atoms with Crippen LogP contribution >= 0.6 is 0 Å². The number of nitrogens with zero attached hydrogens (tertiary/aromatic N) is 1. The molecule has 26 heavy (non-hydrogen) atoms. The predicted molar refractivity (Wildman–Crippen MR) is 92.0 cm³/mol. The molecule has 0 fully saturated rings. The Balaban J connectivity index is 2.27. The van der Waals surface area contributed by atoms with Crippen molar-refractivity contribution >= 4 is 18.0 Å². The van der Waals surface area contributed by atoms with E-state index in [1.807, 2.05) is 5.32 Å². The van der Waals surface area contributed by atoms with E-state index in [1.165, 1.54) is 13.0 Å². The summed E-state index contributed by atoms with van der Waals surface area (Å²) < 4.78 is 9.46. The smallest absolute Gasteiger partial charge is 0.413 e. The van der Waals surface area contributed by atoms with Crippen LogP contribution in [0.4, 0.5) is 4.79 Å². The second-order valence-corrected chi connectivity index (χ2v) is 5.23. The lowest BCUT2D eigenvalue weighted by atomic mass is 9.96. The highest BCUT2D eigenvalue weighted by molar-refractivity contribution is 6.00. The number of esters is 1. The number of nitriles is 1. The normalized spacial score (nSPS) is 11.0. The van der Waals surface area contributed by atoms with E-state index < -0.39 is 24.1 Å². The number of hydrogen-bond acceptors (Lipinski definition) is 6. The number of ether oxygens (including phenoxy) is 2. The number of hydrogen-bond donors (Lipinski definition) is 1. The molecule has 1 atom stereocenters. The zero-order chi connectivity index (χ0) is 19.1. The molecule has 0 radical (unpaired) electrons.